The molecular weight excluding hydrogens is 525 g/mol. The minimum Gasteiger partial charge on any atom is -0.473 e. The van der Waals surface area contributed by atoms with Crippen LogP contribution in [0.15, 0.2) is 77.7 Å². The first kappa shape index (κ1) is 29.8. The number of hydrogen-bond donors (Lipinski definition) is 0. The predicted molar refractivity (Wildman–Crippen MR) is 157 cm³/mol. The van der Waals surface area contributed by atoms with Crippen molar-refractivity contribution in [2.75, 3.05) is 26.0 Å². The number of likely N-dealkylation sites (tertiary alicyclic amines) is 1. The van der Waals surface area contributed by atoms with Crippen LogP contribution in [0.3, 0.4) is 0 Å². The van der Waals surface area contributed by atoms with Gasteiger partial charge in [-0.25, -0.2) is 9.18 Å². The van der Waals surface area contributed by atoms with Crippen molar-refractivity contribution < 1.29 is 23.5 Å². The third-order valence-corrected chi connectivity index (χ3v) is 8.15. The van der Waals surface area contributed by atoms with Gasteiger partial charge in [0.25, 0.3) is 0 Å². The fourth-order valence-electron chi connectivity index (χ4n) is 5.25. The number of hydrogen-bond acceptors (Lipinski definition) is 6. The van der Waals surface area contributed by atoms with E-state index in [0.717, 1.165) is 35.5 Å². The summed E-state index contributed by atoms with van der Waals surface area (Å²) in [6.07, 6.45) is 3.42. The van der Waals surface area contributed by atoms with Gasteiger partial charge in [-0.2, -0.15) is 0 Å². The van der Waals surface area contributed by atoms with Gasteiger partial charge in [0.05, 0.1) is 6.61 Å². The number of halogens is 1. The number of carbonyl (C=O) groups is 2. The smallest absolute Gasteiger partial charge is 0.349 e. The van der Waals surface area contributed by atoms with Crippen LogP contribution in [0.5, 0.6) is 5.75 Å². The average Bonchev–Trinajstić information content (AvgIpc) is 3.35. The van der Waals surface area contributed by atoms with Gasteiger partial charge in [0.15, 0.2) is 23.0 Å². The van der Waals surface area contributed by atoms with Gasteiger partial charge in [0.1, 0.15) is 0 Å². The van der Waals surface area contributed by atoms with Crippen LogP contribution in [0, 0.1) is 17.7 Å². The molecule has 40 heavy (non-hydrogen) atoms. The van der Waals surface area contributed by atoms with Gasteiger partial charge in [-0.3, -0.25) is 9.69 Å². The van der Waals surface area contributed by atoms with Crippen LogP contribution in [0.1, 0.15) is 48.7 Å². The molecule has 1 unspecified atom stereocenters. The van der Waals surface area contributed by atoms with Gasteiger partial charge in [0.2, 0.25) is 0 Å². The lowest BCUT2D eigenvalue weighted by molar-refractivity contribution is -0.158. The molecule has 7 heteroatoms. The number of Topliss-reactive ketones (excluding diaryl/α,β-unsaturated/α-hetero) is 1. The highest BCUT2D eigenvalue weighted by atomic mass is 32.2. The molecule has 0 bridgehead atoms. The number of nitrogens with zero attached hydrogens (tertiary/aromatic N) is 1. The zero-order chi connectivity index (χ0) is 28.7. The molecule has 0 spiro atoms. The van der Waals surface area contributed by atoms with Crippen molar-refractivity contribution in [3.63, 3.8) is 0 Å². The average molecular weight is 564 g/mol. The number of rotatable bonds is 12. The third kappa shape index (κ3) is 7.52. The summed E-state index contributed by atoms with van der Waals surface area (Å²) in [5, 5.41) is 0. The fourth-order valence-corrected chi connectivity index (χ4v) is 5.65. The molecule has 0 amide bonds. The number of ketones is 1. The highest BCUT2D eigenvalue weighted by Gasteiger charge is 2.37. The monoisotopic (exact) mass is 563 g/mol. The van der Waals surface area contributed by atoms with Crippen molar-refractivity contribution in [1.29, 1.82) is 0 Å². The van der Waals surface area contributed by atoms with Crippen molar-refractivity contribution in [2.45, 2.75) is 50.7 Å². The molecule has 0 aromatic heterocycles. The van der Waals surface area contributed by atoms with Crippen LogP contribution >= 0.6 is 11.8 Å². The van der Waals surface area contributed by atoms with E-state index in [-0.39, 0.29) is 30.0 Å². The van der Waals surface area contributed by atoms with Gasteiger partial charge in [-0.1, -0.05) is 48.5 Å². The summed E-state index contributed by atoms with van der Waals surface area (Å²) in [6, 6.07) is 23.0. The van der Waals surface area contributed by atoms with E-state index in [1.54, 1.807) is 38.6 Å². The van der Waals surface area contributed by atoms with E-state index < -0.39 is 17.4 Å². The minimum absolute atomic E-state index is 0.0125. The molecule has 0 radical (unpaired) electrons. The number of ether oxygens (including phenoxy) is 2. The summed E-state index contributed by atoms with van der Waals surface area (Å²) in [5.41, 5.74) is 1.50. The van der Waals surface area contributed by atoms with Crippen LogP contribution in [0.2, 0.25) is 0 Å². The summed E-state index contributed by atoms with van der Waals surface area (Å²) in [5.74, 6) is -0.852. The van der Waals surface area contributed by atoms with Gasteiger partial charge < -0.3 is 9.47 Å². The molecule has 1 heterocycles. The number of benzene rings is 3. The zero-order valence-electron chi connectivity index (χ0n) is 23.7. The first-order valence-electron chi connectivity index (χ1n) is 13.8. The van der Waals surface area contributed by atoms with E-state index in [1.165, 1.54) is 11.6 Å². The lowest BCUT2D eigenvalue weighted by Gasteiger charge is -2.24. The van der Waals surface area contributed by atoms with E-state index in [0.29, 0.717) is 13.0 Å². The lowest BCUT2D eigenvalue weighted by Crippen LogP contribution is -2.40. The van der Waals surface area contributed by atoms with Crippen LogP contribution in [-0.4, -0.2) is 48.2 Å². The van der Waals surface area contributed by atoms with E-state index in [4.69, 9.17) is 9.47 Å². The summed E-state index contributed by atoms with van der Waals surface area (Å²) < 4.78 is 25.7. The third-order valence-electron chi connectivity index (χ3n) is 7.41. The lowest BCUT2D eigenvalue weighted by atomic mass is 9.85. The Morgan fingerprint density at radius 1 is 1.00 bits per heavy atom. The molecule has 1 aliphatic heterocycles. The van der Waals surface area contributed by atoms with Crippen LogP contribution in [0.4, 0.5) is 4.39 Å². The molecule has 1 saturated heterocycles. The largest absolute Gasteiger partial charge is 0.473 e. The maximum absolute atomic E-state index is 15.0. The Balaban J connectivity index is 1.46. The van der Waals surface area contributed by atoms with Crippen molar-refractivity contribution in [3.8, 4) is 5.75 Å². The molecule has 4 rings (SSSR count). The number of aryl methyl sites for hydroxylation is 1. The van der Waals surface area contributed by atoms with Gasteiger partial charge in [0, 0.05) is 36.0 Å². The van der Waals surface area contributed by atoms with Crippen molar-refractivity contribution >= 4 is 23.5 Å². The number of carbonyl (C=O) groups excluding carboxylic acids is 2. The predicted octanol–water partition coefficient (Wildman–Crippen LogP) is 6.83. The minimum atomic E-state index is -1.30. The topological polar surface area (TPSA) is 55.8 Å². The quantitative estimate of drug-likeness (QED) is 0.137. The second-order valence-electron chi connectivity index (χ2n) is 10.8. The van der Waals surface area contributed by atoms with Crippen LogP contribution < -0.4 is 4.74 Å². The highest BCUT2D eigenvalue weighted by molar-refractivity contribution is 7.98. The molecule has 0 saturated carbocycles. The van der Waals surface area contributed by atoms with E-state index in [1.807, 2.05) is 54.8 Å². The Morgan fingerprint density at radius 3 is 2.38 bits per heavy atom. The second-order valence-corrected chi connectivity index (χ2v) is 11.7. The summed E-state index contributed by atoms with van der Waals surface area (Å²) in [4.78, 5) is 29.3. The molecule has 3 aromatic carbocycles. The number of thioether (sulfide) groups is 1. The summed E-state index contributed by atoms with van der Waals surface area (Å²) >= 11 is 1.66. The normalized spacial score (nSPS) is 17.5. The van der Waals surface area contributed by atoms with Crippen molar-refractivity contribution in [2.24, 2.45) is 11.8 Å². The molecule has 2 atom stereocenters. The number of esters is 1. The SMILES string of the molecule is CCOC(=O)C(C)(C)Oc1ccc(CC[C@H]2CN(Cc3ccccc3)CC2C(=O)c2ccc(SC)cc2)cc1F. The maximum Gasteiger partial charge on any atom is 0.349 e. The molecule has 5 nitrogen and oxygen atoms in total. The van der Waals surface area contributed by atoms with Crippen molar-refractivity contribution in [3.05, 3.63) is 95.3 Å². The Labute approximate surface area is 241 Å². The van der Waals surface area contributed by atoms with E-state index in [2.05, 4.69) is 17.0 Å². The molecule has 212 valence electrons. The Bertz CT molecular complexity index is 1300. The molecule has 0 aliphatic carbocycles. The Hall–Kier alpha value is -3.16. The van der Waals surface area contributed by atoms with Gasteiger partial charge in [-0.15, -0.1) is 11.8 Å². The molecular formula is C33H38FNO4S. The van der Waals surface area contributed by atoms with E-state index >= 15 is 0 Å². The van der Waals surface area contributed by atoms with E-state index in [9.17, 15) is 14.0 Å². The summed E-state index contributed by atoms with van der Waals surface area (Å²) in [7, 11) is 0. The molecule has 1 aliphatic rings. The first-order chi connectivity index (χ1) is 19.2. The van der Waals surface area contributed by atoms with Gasteiger partial charge >= 0.3 is 5.97 Å². The Kier molecular flexibility index (Phi) is 10.0. The fraction of sp³-hybridized carbons (Fsp3) is 0.394. The summed E-state index contributed by atoms with van der Waals surface area (Å²) in [6.45, 7) is 7.37. The maximum atomic E-state index is 15.0. The van der Waals surface area contributed by atoms with Crippen LogP contribution in [0.25, 0.3) is 0 Å². The standard InChI is InChI=1S/C33H38FNO4S/c1-5-38-32(37)33(2,3)39-30-18-12-23(19-29(30)34)11-13-26-21-35(20-24-9-7-6-8-10-24)22-28(26)31(36)25-14-16-27(40-4)17-15-25/h6-10,12,14-19,26,28H,5,11,13,20-22H2,1-4H3/t26-,28?/m0/s1. The molecule has 0 N–H and O–H groups in total. The molecule has 3 aromatic rings. The van der Waals surface area contributed by atoms with Crippen molar-refractivity contribution in [1.82, 2.24) is 4.90 Å². The zero-order valence-corrected chi connectivity index (χ0v) is 24.5. The van der Waals surface area contributed by atoms with Crippen LogP contribution in [-0.2, 0) is 22.5 Å². The second kappa shape index (κ2) is 13.5. The highest BCUT2D eigenvalue weighted by Crippen LogP contribution is 2.33. The molecule has 1 fully saturated rings. The Morgan fingerprint density at radius 2 is 1.73 bits per heavy atom. The first-order valence-corrected chi connectivity index (χ1v) is 15.0. The van der Waals surface area contributed by atoms with Gasteiger partial charge in [-0.05, 0) is 81.2 Å².